The van der Waals surface area contributed by atoms with Crippen molar-refractivity contribution >= 4 is 11.9 Å². The summed E-state index contributed by atoms with van der Waals surface area (Å²) in [4.78, 5) is 30.0. The van der Waals surface area contributed by atoms with Gasteiger partial charge in [-0.25, -0.2) is 9.78 Å². The zero-order valence-corrected chi connectivity index (χ0v) is 14.7. The van der Waals surface area contributed by atoms with Crippen LogP contribution in [0.1, 0.15) is 39.1 Å². The predicted octanol–water partition coefficient (Wildman–Crippen LogP) is 2.88. The molecule has 136 valence electrons. The Morgan fingerprint density at radius 3 is 2.54 bits per heavy atom. The molecule has 1 aromatic carbocycles. The van der Waals surface area contributed by atoms with E-state index >= 15 is 0 Å². The molecule has 0 unspecified atom stereocenters. The van der Waals surface area contributed by atoms with E-state index in [1.807, 2.05) is 17.0 Å². The van der Waals surface area contributed by atoms with Gasteiger partial charge in [0.15, 0.2) is 0 Å². The topological polar surface area (TPSA) is 79.7 Å². The first-order chi connectivity index (χ1) is 12.6. The fourth-order valence-corrected chi connectivity index (χ4v) is 3.44. The number of carbonyl (C=O) groups is 2. The summed E-state index contributed by atoms with van der Waals surface area (Å²) in [5.74, 6) is -0.249. The van der Waals surface area contributed by atoms with Crippen LogP contribution >= 0.6 is 0 Å². The number of aromatic nitrogens is 1. The van der Waals surface area contributed by atoms with Crippen LogP contribution in [0.4, 0.5) is 0 Å². The zero-order valence-electron chi connectivity index (χ0n) is 14.7. The van der Waals surface area contributed by atoms with Gasteiger partial charge in [-0.2, -0.15) is 0 Å². The van der Waals surface area contributed by atoms with Crippen molar-refractivity contribution in [2.24, 2.45) is 5.92 Å². The number of carbonyl (C=O) groups excluding carboxylic acids is 1. The van der Waals surface area contributed by atoms with E-state index in [9.17, 15) is 14.7 Å². The van der Waals surface area contributed by atoms with Gasteiger partial charge in [-0.1, -0.05) is 18.2 Å². The number of likely N-dealkylation sites (tertiary alicyclic amines) is 1. The first-order valence-corrected chi connectivity index (χ1v) is 8.69. The van der Waals surface area contributed by atoms with Crippen molar-refractivity contribution in [1.29, 1.82) is 0 Å². The number of pyridine rings is 1. The quantitative estimate of drug-likeness (QED) is 0.893. The molecule has 1 saturated heterocycles. The van der Waals surface area contributed by atoms with Gasteiger partial charge in [0.1, 0.15) is 5.56 Å². The Morgan fingerprint density at radius 2 is 1.85 bits per heavy atom. The van der Waals surface area contributed by atoms with Crippen LogP contribution in [0.5, 0.6) is 5.88 Å². The summed E-state index contributed by atoms with van der Waals surface area (Å²) in [6, 6.07) is 10.6. The smallest absolute Gasteiger partial charge is 0.335 e. The standard InChI is InChI=1S/C20H22N2O4/c1-26-18-17(7-4-10-21-18)19(23)22-11-8-14(9-12-22)13-15-5-2-3-6-16(15)20(24)25/h2-7,10,14H,8-9,11-13H2,1H3,(H,24,25). The summed E-state index contributed by atoms with van der Waals surface area (Å²) < 4.78 is 5.18. The maximum Gasteiger partial charge on any atom is 0.335 e. The van der Waals surface area contributed by atoms with Gasteiger partial charge in [-0.3, -0.25) is 4.79 Å². The van der Waals surface area contributed by atoms with Gasteiger partial charge in [0.25, 0.3) is 5.91 Å². The number of rotatable bonds is 5. The molecule has 6 nitrogen and oxygen atoms in total. The normalized spacial score (nSPS) is 14.9. The molecule has 1 aromatic heterocycles. The molecular formula is C20H22N2O4. The Bertz CT molecular complexity index is 798. The van der Waals surface area contributed by atoms with Crippen molar-refractivity contribution in [2.45, 2.75) is 19.3 Å². The molecule has 0 radical (unpaired) electrons. The number of aromatic carboxylic acids is 1. The van der Waals surface area contributed by atoms with E-state index in [-0.39, 0.29) is 5.91 Å². The lowest BCUT2D eigenvalue weighted by Gasteiger charge is -2.32. The SMILES string of the molecule is COc1ncccc1C(=O)N1CCC(Cc2ccccc2C(=O)O)CC1. The molecule has 0 saturated carbocycles. The second-order valence-electron chi connectivity index (χ2n) is 6.46. The van der Waals surface area contributed by atoms with Crippen LogP contribution in [0.2, 0.25) is 0 Å². The van der Waals surface area contributed by atoms with Gasteiger partial charge in [0, 0.05) is 19.3 Å². The summed E-state index contributed by atoms with van der Waals surface area (Å²) in [5, 5.41) is 9.31. The number of ether oxygens (including phenoxy) is 1. The highest BCUT2D eigenvalue weighted by Gasteiger charge is 2.26. The molecule has 0 spiro atoms. The molecule has 3 rings (SSSR count). The third-order valence-corrected chi connectivity index (χ3v) is 4.85. The van der Waals surface area contributed by atoms with Crippen LogP contribution in [-0.2, 0) is 6.42 Å². The number of nitrogens with zero attached hydrogens (tertiary/aromatic N) is 2. The van der Waals surface area contributed by atoms with Crippen LogP contribution in [0, 0.1) is 5.92 Å². The Labute approximate surface area is 152 Å². The summed E-state index contributed by atoms with van der Waals surface area (Å²) >= 11 is 0. The lowest BCUT2D eigenvalue weighted by molar-refractivity contribution is 0.0686. The number of hydrogen-bond donors (Lipinski definition) is 1. The van der Waals surface area contributed by atoms with Gasteiger partial charge in [-0.15, -0.1) is 0 Å². The minimum absolute atomic E-state index is 0.0701. The Hall–Kier alpha value is -2.89. The van der Waals surface area contributed by atoms with E-state index in [1.165, 1.54) is 7.11 Å². The molecule has 0 atom stereocenters. The highest BCUT2D eigenvalue weighted by molar-refractivity contribution is 5.96. The highest BCUT2D eigenvalue weighted by Crippen LogP contribution is 2.25. The van der Waals surface area contributed by atoms with E-state index in [0.29, 0.717) is 36.0 Å². The summed E-state index contributed by atoms with van der Waals surface area (Å²) in [6.07, 6.45) is 4.02. The van der Waals surface area contributed by atoms with Crippen molar-refractivity contribution in [3.63, 3.8) is 0 Å². The average molecular weight is 354 g/mol. The molecule has 6 heteroatoms. The van der Waals surface area contributed by atoms with E-state index in [0.717, 1.165) is 24.8 Å². The van der Waals surface area contributed by atoms with Gasteiger partial charge in [0.2, 0.25) is 5.88 Å². The van der Waals surface area contributed by atoms with Crippen molar-refractivity contribution < 1.29 is 19.4 Å². The fraction of sp³-hybridized carbons (Fsp3) is 0.350. The van der Waals surface area contributed by atoms with Crippen molar-refractivity contribution in [3.05, 3.63) is 59.3 Å². The summed E-state index contributed by atoms with van der Waals surface area (Å²) in [7, 11) is 1.51. The molecular weight excluding hydrogens is 332 g/mol. The monoisotopic (exact) mass is 354 g/mol. The third-order valence-electron chi connectivity index (χ3n) is 4.85. The molecule has 1 fully saturated rings. The summed E-state index contributed by atoms with van der Waals surface area (Å²) in [6.45, 7) is 1.30. The van der Waals surface area contributed by atoms with E-state index < -0.39 is 5.97 Å². The molecule has 2 aromatic rings. The molecule has 0 aliphatic carbocycles. The predicted molar refractivity (Wildman–Crippen MR) is 96.5 cm³/mol. The number of carboxylic acids is 1. The number of hydrogen-bond acceptors (Lipinski definition) is 4. The van der Waals surface area contributed by atoms with Crippen molar-refractivity contribution in [2.75, 3.05) is 20.2 Å². The molecule has 1 aliphatic heterocycles. The molecule has 1 amide bonds. The van der Waals surface area contributed by atoms with Crippen LogP contribution in [-0.4, -0.2) is 47.1 Å². The Morgan fingerprint density at radius 1 is 1.15 bits per heavy atom. The van der Waals surface area contributed by atoms with Gasteiger partial charge in [-0.05, 0) is 48.9 Å². The van der Waals surface area contributed by atoms with E-state index in [1.54, 1.807) is 30.5 Å². The number of carboxylic acid groups (broad SMARTS) is 1. The van der Waals surface area contributed by atoms with Gasteiger partial charge < -0.3 is 14.7 Å². The first kappa shape index (κ1) is 17.9. The number of amides is 1. The number of piperidine rings is 1. The molecule has 0 bridgehead atoms. The van der Waals surface area contributed by atoms with Crippen LogP contribution in [0.25, 0.3) is 0 Å². The number of benzene rings is 1. The van der Waals surface area contributed by atoms with E-state index in [2.05, 4.69) is 4.98 Å². The second-order valence-corrected chi connectivity index (χ2v) is 6.46. The van der Waals surface area contributed by atoms with Crippen LogP contribution in [0.3, 0.4) is 0 Å². The van der Waals surface area contributed by atoms with Crippen molar-refractivity contribution in [1.82, 2.24) is 9.88 Å². The average Bonchev–Trinajstić information content (AvgIpc) is 2.68. The van der Waals surface area contributed by atoms with E-state index in [4.69, 9.17) is 4.74 Å². The minimum atomic E-state index is -0.892. The van der Waals surface area contributed by atoms with Crippen LogP contribution < -0.4 is 4.74 Å². The highest BCUT2D eigenvalue weighted by atomic mass is 16.5. The van der Waals surface area contributed by atoms with Crippen molar-refractivity contribution in [3.8, 4) is 5.88 Å². The Kier molecular flexibility index (Phi) is 5.51. The zero-order chi connectivity index (χ0) is 18.5. The maximum absolute atomic E-state index is 12.7. The fourth-order valence-electron chi connectivity index (χ4n) is 3.44. The maximum atomic E-state index is 12.7. The van der Waals surface area contributed by atoms with Gasteiger partial charge in [0.05, 0.1) is 12.7 Å². The molecule has 1 N–H and O–H groups in total. The third kappa shape index (κ3) is 3.85. The number of methoxy groups -OCH3 is 1. The first-order valence-electron chi connectivity index (χ1n) is 8.69. The summed E-state index contributed by atoms with van der Waals surface area (Å²) in [5.41, 5.74) is 1.70. The minimum Gasteiger partial charge on any atom is -0.480 e. The van der Waals surface area contributed by atoms with Crippen LogP contribution in [0.15, 0.2) is 42.6 Å². The lowest BCUT2D eigenvalue weighted by atomic mass is 9.88. The molecule has 26 heavy (non-hydrogen) atoms. The molecule has 1 aliphatic rings. The molecule has 2 heterocycles. The second kappa shape index (κ2) is 7.99. The lowest BCUT2D eigenvalue weighted by Crippen LogP contribution is -2.39. The largest absolute Gasteiger partial charge is 0.480 e. The van der Waals surface area contributed by atoms with Gasteiger partial charge >= 0.3 is 5.97 Å². The Balaban J connectivity index is 1.63.